The van der Waals surface area contributed by atoms with Crippen molar-refractivity contribution in [2.24, 2.45) is 17.8 Å². The van der Waals surface area contributed by atoms with E-state index in [4.69, 9.17) is 0 Å². The fourth-order valence-electron chi connectivity index (χ4n) is 10.8. The summed E-state index contributed by atoms with van der Waals surface area (Å²) in [5, 5.41) is 0. The number of piperidine rings is 1. The minimum atomic E-state index is 0.419. The molecule has 2 saturated heterocycles. The molecule has 0 aromatic carbocycles. The van der Waals surface area contributed by atoms with E-state index in [9.17, 15) is 0 Å². The van der Waals surface area contributed by atoms with Crippen molar-refractivity contribution in [1.82, 2.24) is 9.47 Å². The Morgan fingerprint density at radius 3 is 2.44 bits per heavy atom. The fourth-order valence-corrected chi connectivity index (χ4v) is 10.8. The summed E-state index contributed by atoms with van der Waals surface area (Å²) in [7, 11) is 0. The van der Waals surface area contributed by atoms with Crippen LogP contribution in [0.1, 0.15) is 126 Å². The molecular formula is C30H44N2. The third kappa shape index (κ3) is 2.15. The predicted molar refractivity (Wildman–Crippen MR) is 132 cm³/mol. The van der Waals surface area contributed by atoms with Gasteiger partial charge in [-0.15, -0.1) is 0 Å². The van der Waals surface area contributed by atoms with Crippen molar-refractivity contribution in [2.45, 2.75) is 135 Å². The molecule has 0 amide bonds. The number of allylic oxidation sites excluding steroid dienone is 1. The third-order valence-electron chi connectivity index (χ3n) is 11.5. The highest BCUT2D eigenvalue weighted by Gasteiger charge is 2.69. The van der Waals surface area contributed by atoms with Crippen molar-refractivity contribution in [3.05, 3.63) is 33.8 Å². The van der Waals surface area contributed by atoms with Gasteiger partial charge in [0.25, 0.3) is 0 Å². The number of hydrogen-bond acceptors (Lipinski definition) is 1. The minimum absolute atomic E-state index is 0.419. The molecule has 1 spiro atoms. The topological polar surface area (TPSA) is 8.17 Å². The molecule has 1 aromatic rings. The van der Waals surface area contributed by atoms with Crippen molar-refractivity contribution in [2.75, 3.05) is 0 Å². The standard InChI is InChI=1S/C30H44N2/c1-5-21-18(4)28(27-22(6-2)24-12-8-10-19-14-15-26(27)31(19)24)30-17-16-20-11-9-13-25(32(20)30)23(7-3)29(21)30/h18-21,28-29H,5-17H2,1-4H3/t18-,19-,20-,21+,28-,29?,30-/m1/s1. The highest BCUT2D eigenvalue weighted by molar-refractivity contribution is 5.51. The van der Waals surface area contributed by atoms with Gasteiger partial charge in [-0.3, -0.25) is 0 Å². The first-order valence-corrected chi connectivity index (χ1v) is 14.4. The van der Waals surface area contributed by atoms with Crippen LogP contribution in [0.3, 0.4) is 0 Å². The van der Waals surface area contributed by atoms with Gasteiger partial charge in [0.2, 0.25) is 0 Å². The average molecular weight is 433 g/mol. The molecule has 0 bridgehead atoms. The second-order valence-corrected chi connectivity index (χ2v) is 12.3. The van der Waals surface area contributed by atoms with E-state index < -0.39 is 0 Å². The van der Waals surface area contributed by atoms with Gasteiger partial charge in [-0.05, 0) is 106 Å². The zero-order chi connectivity index (χ0) is 21.8. The van der Waals surface area contributed by atoms with Gasteiger partial charge >= 0.3 is 0 Å². The predicted octanol–water partition coefficient (Wildman–Crippen LogP) is 7.31. The number of hydrogen-bond donors (Lipinski definition) is 0. The van der Waals surface area contributed by atoms with Crippen LogP contribution in [0.25, 0.3) is 0 Å². The summed E-state index contributed by atoms with van der Waals surface area (Å²) in [5.74, 6) is 3.29. The summed E-state index contributed by atoms with van der Waals surface area (Å²) >= 11 is 0. The van der Waals surface area contributed by atoms with E-state index in [1.165, 1.54) is 83.5 Å². The Kier molecular flexibility index (Phi) is 4.37. The molecule has 6 heterocycles. The van der Waals surface area contributed by atoms with Crippen LogP contribution in [-0.2, 0) is 19.3 Å². The fraction of sp³-hybridized carbons (Fsp3) is 0.800. The Morgan fingerprint density at radius 2 is 1.66 bits per heavy atom. The highest BCUT2D eigenvalue weighted by Crippen LogP contribution is 2.71. The Morgan fingerprint density at radius 1 is 0.844 bits per heavy atom. The molecule has 174 valence electrons. The van der Waals surface area contributed by atoms with Crippen LogP contribution in [-0.4, -0.2) is 21.0 Å². The van der Waals surface area contributed by atoms with E-state index in [1.807, 2.05) is 28.1 Å². The molecule has 5 aliphatic heterocycles. The molecule has 32 heavy (non-hydrogen) atoms. The van der Waals surface area contributed by atoms with E-state index in [0.717, 1.165) is 35.8 Å². The normalized spacial score (nSPS) is 41.4. The lowest BCUT2D eigenvalue weighted by Crippen LogP contribution is -2.50. The Balaban J connectivity index is 1.47. The van der Waals surface area contributed by atoms with Crippen LogP contribution in [0.15, 0.2) is 11.3 Å². The molecule has 6 aliphatic rings. The molecule has 2 heteroatoms. The molecule has 2 nitrogen and oxygen atoms in total. The molecule has 1 aliphatic carbocycles. The average Bonchev–Trinajstić information content (AvgIpc) is 3.58. The van der Waals surface area contributed by atoms with Gasteiger partial charge in [0.05, 0.1) is 5.54 Å². The Bertz CT molecular complexity index is 978. The van der Waals surface area contributed by atoms with Crippen LogP contribution in [0.4, 0.5) is 0 Å². The summed E-state index contributed by atoms with van der Waals surface area (Å²) < 4.78 is 2.92. The minimum Gasteiger partial charge on any atom is -0.365 e. The first-order chi connectivity index (χ1) is 15.7. The SMILES string of the molecule is CCC1=C2CCC[C@@H]3CC[C@@]4(C1[C@@H](CC)[C@@H](C)[C@@H]4c1c(CC)c4n5c1CC[C@H]5CCC4)N23. The smallest absolute Gasteiger partial charge is 0.0543 e. The maximum atomic E-state index is 3.14. The van der Waals surface area contributed by atoms with Gasteiger partial charge in [-0.25, -0.2) is 0 Å². The van der Waals surface area contributed by atoms with E-state index in [0.29, 0.717) is 5.54 Å². The first kappa shape index (κ1) is 20.2. The number of nitrogens with zero attached hydrogens (tertiary/aromatic N) is 2. The molecular weight excluding hydrogens is 388 g/mol. The zero-order valence-corrected chi connectivity index (χ0v) is 21.1. The van der Waals surface area contributed by atoms with Crippen molar-refractivity contribution in [3.8, 4) is 0 Å². The van der Waals surface area contributed by atoms with Crippen molar-refractivity contribution in [3.63, 3.8) is 0 Å². The quantitative estimate of drug-likeness (QED) is 0.484. The summed E-state index contributed by atoms with van der Waals surface area (Å²) in [6.45, 7) is 10.1. The highest BCUT2D eigenvalue weighted by atomic mass is 15.3. The van der Waals surface area contributed by atoms with Crippen LogP contribution >= 0.6 is 0 Å². The lowest BCUT2D eigenvalue weighted by Gasteiger charge is -2.46. The molecule has 1 saturated carbocycles. The number of aromatic nitrogens is 1. The van der Waals surface area contributed by atoms with Crippen LogP contribution in [0, 0.1) is 17.8 Å². The van der Waals surface area contributed by atoms with E-state index in [-0.39, 0.29) is 0 Å². The van der Waals surface area contributed by atoms with E-state index >= 15 is 0 Å². The van der Waals surface area contributed by atoms with Crippen molar-refractivity contribution < 1.29 is 0 Å². The molecule has 1 unspecified atom stereocenters. The van der Waals surface area contributed by atoms with Crippen LogP contribution in [0.2, 0.25) is 0 Å². The van der Waals surface area contributed by atoms with Crippen molar-refractivity contribution >= 4 is 0 Å². The van der Waals surface area contributed by atoms with Gasteiger partial charge in [0.1, 0.15) is 0 Å². The van der Waals surface area contributed by atoms with Gasteiger partial charge in [0.15, 0.2) is 0 Å². The van der Waals surface area contributed by atoms with Gasteiger partial charge in [-0.1, -0.05) is 34.1 Å². The number of rotatable bonds is 4. The Hall–Kier alpha value is -1.18. The summed E-state index contributed by atoms with van der Waals surface area (Å²) in [6, 6.07) is 1.67. The maximum Gasteiger partial charge on any atom is 0.0543 e. The maximum absolute atomic E-state index is 3.14. The van der Waals surface area contributed by atoms with E-state index in [1.54, 1.807) is 5.69 Å². The molecule has 0 radical (unpaired) electrons. The third-order valence-corrected chi connectivity index (χ3v) is 11.5. The summed E-state index contributed by atoms with van der Waals surface area (Å²) in [6.07, 6.45) is 18.1. The lowest BCUT2D eigenvalue weighted by atomic mass is 9.71. The van der Waals surface area contributed by atoms with Gasteiger partial charge in [-0.2, -0.15) is 0 Å². The second kappa shape index (κ2) is 6.92. The monoisotopic (exact) mass is 432 g/mol. The molecule has 7 atom stereocenters. The molecule has 3 fully saturated rings. The summed E-state index contributed by atoms with van der Waals surface area (Å²) in [4.78, 5) is 3.14. The van der Waals surface area contributed by atoms with Gasteiger partial charge in [0, 0.05) is 41.0 Å². The zero-order valence-electron chi connectivity index (χ0n) is 21.1. The molecule has 0 N–H and O–H groups in total. The first-order valence-electron chi connectivity index (χ1n) is 14.4. The Labute approximate surface area is 195 Å². The lowest BCUT2D eigenvalue weighted by molar-refractivity contribution is 0.0968. The van der Waals surface area contributed by atoms with Crippen LogP contribution < -0.4 is 0 Å². The summed E-state index contributed by atoms with van der Waals surface area (Å²) in [5.41, 5.74) is 11.5. The van der Waals surface area contributed by atoms with E-state index in [2.05, 4.69) is 37.2 Å². The largest absolute Gasteiger partial charge is 0.365 e. The van der Waals surface area contributed by atoms with Crippen molar-refractivity contribution in [1.29, 1.82) is 0 Å². The molecule has 7 rings (SSSR count). The van der Waals surface area contributed by atoms with Crippen LogP contribution in [0.5, 0.6) is 0 Å². The second-order valence-electron chi connectivity index (χ2n) is 12.3. The molecule has 1 aromatic heterocycles. The van der Waals surface area contributed by atoms with Gasteiger partial charge < -0.3 is 9.47 Å².